The SMILES string of the molecule is C=C(/C=C\C(=C/C)CCl)Cn1c(OC)nc2c(N)nc(OCCOC)nc21. The molecule has 2 aromatic heterocycles. The zero-order valence-electron chi connectivity index (χ0n) is 15.7. The van der Waals surface area contributed by atoms with Gasteiger partial charge in [0.2, 0.25) is 0 Å². The minimum absolute atomic E-state index is 0.153. The smallest absolute Gasteiger partial charge is 0.320 e. The molecule has 0 fully saturated rings. The van der Waals surface area contributed by atoms with E-state index in [1.54, 1.807) is 11.7 Å². The van der Waals surface area contributed by atoms with Gasteiger partial charge in [-0.05, 0) is 18.1 Å². The molecular formula is C18H24ClN5O3. The van der Waals surface area contributed by atoms with Crippen molar-refractivity contribution in [2.24, 2.45) is 0 Å². The number of fused-ring (bicyclic) bond motifs is 1. The van der Waals surface area contributed by atoms with Gasteiger partial charge >= 0.3 is 6.01 Å². The minimum atomic E-state index is 0.153. The van der Waals surface area contributed by atoms with Gasteiger partial charge in [-0.2, -0.15) is 15.0 Å². The first-order valence-electron chi connectivity index (χ1n) is 8.30. The van der Waals surface area contributed by atoms with Crippen LogP contribution in [-0.2, 0) is 11.3 Å². The molecule has 0 unspecified atom stereocenters. The van der Waals surface area contributed by atoms with E-state index in [0.29, 0.717) is 42.8 Å². The van der Waals surface area contributed by atoms with Crippen molar-refractivity contribution in [2.45, 2.75) is 13.5 Å². The predicted octanol–water partition coefficient (Wildman–Crippen LogP) is 2.74. The molecule has 0 aromatic carbocycles. The summed E-state index contributed by atoms with van der Waals surface area (Å²) in [7, 11) is 3.12. The lowest BCUT2D eigenvalue weighted by Gasteiger charge is -2.09. The monoisotopic (exact) mass is 393 g/mol. The number of halogens is 1. The van der Waals surface area contributed by atoms with Gasteiger partial charge in [0.15, 0.2) is 17.0 Å². The molecule has 0 atom stereocenters. The summed E-state index contributed by atoms with van der Waals surface area (Å²) in [4.78, 5) is 12.9. The van der Waals surface area contributed by atoms with Gasteiger partial charge in [0, 0.05) is 13.0 Å². The molecule has 27 heavy (non-hydrogen) atoms. The van der Waals surface area contributed by atoms with Gasteiger partial charge in [0.25, 0.3) is 6.01 Å². The van der Waals surface area contributed by atoms with E-state index in [4.69, 9.17) is 31.5 Å². The summed E-state index contributed by atoms with van der Waals surface area (Å²) < 4.78 is 17.6. The fourth-order valence-electron chi connectivity index (χ4n) is 2.26. The third kappa shape index (κ3) is 5.21. The molecular weight excluding hydrogens is 370 g/mol. The highest BCUT2D eigenvalue weighted by atomic mass is 35.5. The molecule has 0 aliphatic rings. The molecule has 2 N–H and O–H groups in total. The second kappa shape index (κ2) is 9.94. The molecule has 2 rings (SSSR count). The summed E-state index contributed by atoms with van der Waals surface area (Å²) in [5.41, 5.74) is 8.77. The van der Waals surface area contributed by atoms with Crippen LogP contribution >= 0.6 is 11.6 Å². The maximum Gasteiger partial charge on any atom is 0.320 e. The molecule has 0 amide bonds. The van der Waals surface area contributed by atoms with E-state index in [0.717, 1.165) is 11.1 Å². The maximum absolute atomic E-state index is 6.01. The molecule has 0 saturated carbocycles. The Balaban J connectivity index is 2.34. The van der Waals surface area contributed by atoms with Crippen LogP contribution in [0.5, 0.6) is 12.0 Å². The van der Waals surface area contributed by atoms with E-state index in [1.807, 2.05) is 25.2 Å². The molecule has 0 aliphatic heterocycles. The number of ether oxygens (including phenoxy) is 3. The number of nitrogen functional groups attached to an aromatic ring is 1. The average Bonchev–Trinajstić information content (AvgIpc) is 3.01. The third-order valence-corrected chi connectivity index (χ3v) is 4.00. The summed E-state index contributed by atoms with van der Waals surface area (Å²) in [5, 5.41) is 0. The zero-order valence-corrected chi connectivity index (χ0v) is 16.5. The number of anilines is 1. The van der Waals surface area contributed by atoms with E-state index in [1.165, 1.54) is 7.11 Å². The first-order valence-corrected chi connectivity index (χ1v) is 8.84. The maximum atomic E-state index is 6.01. The molecule has 0 bridgehead atoms. The third-order valence-electron chi connectivity index (χ3n) is 3.69. The first kappa shape index (κ1) is 20.7. The highest BCUT2D eigenvalue weighted by Gasteiger charge is 2.18. The fourth-order valence-corrected chi connectivity index (χ4v) is 2.50. The summed E-state index contributed by atoms with van der Waals surface area (Å²) in [6.07, 6.45) is 5.76. The number of hydrogen-bond donors (Lipinski definition) is 1. The van der Waals surface area contributed by atoms with Crippen molar-refractivity contribution >= 4 is 28.6 Å². The number of methoxy groups -OCH3 is 2. The Morgan fingerprint density at radius 2 is 2.00 bits per heavy atom. The normalized spacial score (nSPS) is 12.1. The van der Waals surface area contributed by atoms with Crippen LogP contribution in [0.2, 0.25) is 0 Å². The van der Waals surface area contributed by atoms with Crippen LogP contribution in [0.4, 0.5) is 5.82 Å². The van der Waals surface area contributed by atoms with Crippen molar-refractivity contribution in [3.63, 3.8) is 0 Å². The van der Waals surface area contributed by atoms with E-state index in [2.05, 4.69) is 21.5 Å². The van der Waals surface area contributed by atoms with Gasteiger partial charge in [-0.3, -0.25) is 4.57 Å². The Morgan fingerprint density at radius 1 is 1.22 bits per heavy atom. The minimum Gasteiger partial charge on any atom is -0.468 e. The van der Waals surface area contributed by atoms with Crippen LogP contribution in [0.15, 0.2) is 36.0 Å². The highest BCUT2D eigenvalue weighted by molar-refractivity contribution is 6.19. The van der Waals surface area contributed by atoms with E-state index >= 15 is 0 Å². The van der Waals surface area contributed by atoms with Crippen molar-refractivity contribution in [2.75, 3.05) is 39.0 Å². The Kier molecular flexibility index (Phi) is 7.63. The molecule has 0 radical (unpaired) electrons. The number of nitrogens with two attached hydrogens (primary N) is 1. The van der Waals surface area contributed by atoms with Gasteiger partial charge in [-0.25, -0.2) is 0 Å². The van der Waals surface area contributed by atoms with E-state index in [-0.39, 0.29) is 11.8 Å². The molecule has 0 saturated heterocycles. The second-order valence-electron chi connectivity index (χ2n) is 5.58. The molecule has 146 valence electrons. The molecule has 2 aromatic rings. The van der Waals surface area contributed by atoms with Gasteiger partial charge in [-0.15, -0.1) is 11.6 Å². The Hall–Kier alpha value is -2.58. The predicted molar refractivity (Wildman–Crippen MR) is 106 cm³/mol. The Labute approximate surface area is 163 Å². The van der Waals surface area contributed by atoms with Crippen molar-refractivity contribution < 1.29 is 14.2 Å². The van der Waals surface area contributed by atoms with Crippen LogP contribution < -0.4 is 15.2 Å². The van der Waals surface area contributed by atoms with Crippen LogP contribution in [-0.4, -0.2) is 52.8 Å². The summed E-state index contributed by atoms with van der Waals surface area (Å²) in [6, 6.07) is 0.513. The van der Waals surface area contributed by atoms with Gasteiger partial charge in [0.1, 0.15) is 6.61 Å². The lowest BCUT2D eigenvalue weighted by atomic mass is 10.2. The summed E-state index contributed by atoms with van der Waals surface area (Å²) in [6.45, 7) is 7.14. The Bertz CT molecular complexity index is 860. The van der Waals surface area contributed by atoms with Crippen molar-refractivity contribution in [1.29, 1.82) is 0 Å². The fraction of sp³-hybridized carbons (Fsp3) is 0.389. The first-order chi connectivity index (χ1) is 13.0. The molecule has 0 spiro atoms. The number of aromatic nitrogens is 4. The average molecular weight is 394 g/mol. The van der Waals surface area contributed by atoms with Crippen LogP contribution in [0.25, 0.3) is 11.2 Å². The van der Waals surface area contributed by atoms with Crippen LogP contribution in [0, 0.1) is 0 Å². The molecule has 0 aliphatic carbocycles. The lowest BCUT2D eigenvalue weighted by Crippen LogP contribution is -2.09. The summed E-state index contributed by atoms with van der Waals surface area (Å²) >= 11 is 5.87. The number of rotatable bonds is 10. The standard InChI is InChI=1S/C18H24ClN5O3/c1-5-13(10-19)7-6-12(2)11-24-16-14(21-18(24)26-4)15(20)22-17(23-16)27-9-8-25-3/h5-7H,2,8-11H2,1,3-4H3,(H2,20,22,23)/b7-6-,13-5+. The van der Waals surface area contributed by atoms with Crippen LogP contribution in [0.1, 0.15) is 6.92 Å². The number of alkyl halides is 1. The largest absolute Gasteiger partial charge is 0.468 e. The lowest BCUT2D eigenvalue weighted by molar-refractivity contribution is 0.141. The number of allylic oxidation sites excluding steroid dienone is 5. The highest BCUT2D eigenvalue weighted by Crippen LogP contribution is 2.26. The van der Waals surface area contributed by atoms with Gasteiger partial charge < -0.3 is 19.9 Å². The molecule has 8 nitrogen and oxygen atoms in total. The van der Waals surface area contributed by atoms with Gasteiger partial charge in [-0.1, -0.05) is 24.8 Å². The van der Waals surface area contributed by atoms with E-state index in [9.17, 15) is 0 Å². The summed E-state index contributed by atoms with van der Waals surface area (Å²) in [5.74, 6) is 0.646. The van der Waals surface area contributed by atoms with Crippen LogP contribution in [0.3, 0.4) is 0 Å². The van der Waals surface area contributed by atoms with Crippen molar-refractivity contribution in [1.82, 2.24) is 19.5 Å². The number of nitrogens with zero attached hydrogens (tertiary/aromatic N) is 4. The zero-order chi connectivity index (χ0) is 19.8. The van der Waals surface area contributed by atoms with Gasteiger partial charge in [0.05, 0.1) is 20.3 Å². The Morgan fingerprint density at radius 3 is 2.63 bits per heavy atom. The van der Waals surface area contributed by atoms with E-state index < -0.39 is 0 Å². The topological polar surface area (TPSA) is 97.3 Å². The molecule has 2 heterocycles. The number of hydrogen-bond acceptors (Lipinski definition) is 7. The van der Waals surface area contributed by atoms with Crippen molar-refractivity contribution in [3.05, 3.63) is 36.0 Å². The number of imidazole rings is 1. The molecule has 9 heteroatoms. The second-order valence-corrected chi connectivity index (χ2v) is 5.85. The van der Waals surface area contributed by atoms with Crippen molar-refractivity contribution in [3.8, 4) is 12.0 Å². The quantitative estimate of drug-likeness (QED) is 0.376.